The summed E-state index contributed by atoms with van der Waals surface area (Å²) in [6, 6.07) is 1.79. The predicted octanol–water partition coefficient (Wildman–Crippen LogP) is -0.726. The van der Waals surface area contributed by atoms with E-state index in [0.717, 1.165) is 4.92 Å². The number of nitrogens with two attached hydrogens (primary N) is 2. The second kappa shape index (κ2) is 4.50. The van der Waals surface area contributed by atoms with Crippen molar-refractivity contribution in [2.75, 3.05) is 22.6 Å². The number of rotatable bonds is 3. The van der Waals surface area contributed by atoms with Gasteiger partial charge >= 0.3 is 0 Å². The van der Waals surface area contributed by atoms with Gasteiger partial charge in [0.25, 0.3) is 7.98 Å². The molecular weight excluding hydrogens is 205 g/mol. The van der Waals surface area contributed by atoms with Crippen molar-refractivity contribution >= 4 is 25.3 Å². The monoisotopic (exact) mass is 215 g/mol. The summed E-state index contributed by atoms with van der Waals surface area (Å²) in [4.78, 5) is 9.98. The largest absolute Gasteiger partial charge is 0.393 e. The van der Waals surface area contributed by atoms with Crippen molar-refractivity contribution in [3.63, 3.8) is 0 Å². The van der Waals surface area contributed by atoms with E-state index >= 15 is 0 Å². The molecule has 0 saturated carbocycles. The molecule has 0 aliphatic rings. The Labute approximate surface area is 94.4 Å². The molecule has 0 amide bonds. The van der Waals surface area contributed by atoms with Gasteiger partial charge in [0.2, 0.25) is 5.82 Å². The number of nitriles is 1. The minimum Gasteiger partial charge on any atom is -0.393 e. The van der Waals surface area contributed by atoms with Crippen LogP contribution in [0.1, 0.15) is 5.82 Å². The van der Waals surface area contributed by atoms with E-state index < -0.39 is 0 Å². The Bertz CT molecular complexity index is 450. The summed E-state index contributed by atoms with van der Waals surface area (Å²) in [7, 11) is 7.01. The average Bonchev–Trinajstić information content (AvgIpc) is 2.28. The van der Waals surface area contributed by atoms with Crippen LogP contribution in [-0.2, 0) is 0 Å². The molecule has 0 aliphatic carbocycles. The van der Waals surface area contributed by atoms with Crippen LogP contribution in [0.2, 0.25) is 0 Å². The Morgan fingerprint density at radius 1 is 1.50 bits per heavy atom. The lowest BCUT2D eigenvalue weighted by molar-refractivity contribution is 1.02. The quantitative estimate of drug-likeness (QED) is 0.388. The summed E-state index contributed by atoms with van der Waals surface area (Å²) < 4.78 is 0. The van der Waals surface area contributed by atoms with Crippen molar-refractivity contribution in [1.29, 1.82) is 5.26 Å². The number of aromatic nitrogens is 2. The topological polar surface area (TPSA) is 108 Å². The maximum absolute atomic E-state index is 8.75. The molecule has 1 rings (SSSR count). The van der Waals surface area contributed by atoms with Gasteiger partial charge in [0, 0.05) is 7.05 Å². The zero-order valence-electron chi connectivity index (χ0n) is 8.75. The minimum absolute atomic E-state index is 0.0752. The highest BCUT2D eigenvalue weighted by atomic mass is 15.4. The zero-order chi connectivity index (χ0) is 12.3. The molecule has 80 valence electrons. The average molecular weight is 215 g/mol. The normalized spacial score (nSPS) is 9.31. The zero-order valence-corrected chi connectivity index (χ0v) is 8.75. The van der Waals surface area contributed by atoms with Crippen LogP contribution in [0.15, 0.2) is 12.8 Å². The Morgan fingerprint density at radius 2 is 2.06 bits per heavy atom. The van der Waals surface area contributed by atoms with E-state index in [1.165, 1.54) is 11.1 Å². The van der Waals surface area contributed by atoms with E-state index in [0.29, 0.717) is 5.82 Å². The molecule has 1 heterocycles. The number of hydrogen-bond acceptors (Lipinski definition) is 7. The predicted molar refractivity (Wildman–Crippen MR) is 62.2 cm³/mol. The fourth-order valence-electron chi connectivity index (χ4n) is 1.05. The van der Waals surface area contributed by atoms with E-state index in [9.17, 15) is 0 Å². The van der Waals surface area contributed by atoms with Gasteiger partial charge in [0.15, 0.2) is 11.6 Å². The van der Waals surface area contributed by atoms with Crippen molar-refractivity contribution in [3.8, 4) is 6.07 Å². The molecule has 0 spiro atoms. The lowest BCUT2D eigenvalue weighted by Crippen LogP contribution is -2.30. The number of nitrogens with zero attached hydrogens (tertiary/aromatic N) is 5. The SMILES string of the molecule is [B]N(N)c1nc(C#N)nc(N(C)C=C)c1N. The van der Waals surface area contributed by atoms with Crippen LogP contribution >= 0.6 is 0 Å². The third-order valence-electron chi connectivity index (χ3n) is 1.86. The second-order valence-corrected chi connectivity index (χ2v) is 2.92. The number of nitrogen functional groups attached to an aromatic ring is 1. The van der Waals surface area contributed by atoms with Gasteiger partial charge < -0.3 is 15.6 Å². The van der Waals surface area contributed by atoms with E-state index in [4.69, 9.17) is 24.8 Å². The Hall–Kier alpha value is -2.27. The standard InChI is InChI=1S/C8H10BN7/c1-3-15(2)7-6(11)8(16(9)12)14-5(4-10)13-7/h3H,1,11-12H2,2H3. The van der Waals surface area contributed by atoms with E-state index in [-0.39, 0.29) is 17.3 Å². The Kier molecular flexibility index (Phi) is 3.32. The molecule has 1 aromatic rings. The maximum Gasteiger partial charge on any atom is 0.255 e. The van der Waals surface area contributed by atoms with Gasteiger partial charge in [-0.1, -0.05) is 6.58 Å². The van der Waals surface area contributed by atoms with Crippen LogP contribution in [0.3, 0.4) is 0 Å². The van der Waals surface area contributed by atoms with Crippen molar-refractivity contribution in [3.05, 3.63) is 18.6 Å². The molecule has 0 saturated heterocycles. The van der Waals surface area contributed by atoms with E-state index in [1.807, 2.05) is 0 Å². The smallest absolute Gasteiger partial charge is 0.255 e. The highest BCUT2D eigenvalue weighted by Gasteiger charge is 2.15. The van der Waals surface area contributed by atoms with Crippen LogP contribution in [0.5, 0.6) is 0 Å². The van der Waals surface area contributed by atoms with Gasteiger partial charge in [-0.2, -0.15) is 15.2 Å². The summed E-state index contributed by atoms with van der Waals surface area (Å²) >= 11 is 0. The van der Waals surface area contributed by atoms with Crippen molar-refractivity contribution in [1.82, 2.24) is 9.97 Å². The molecule has 0 aliphatic heterocycles. The van der Waals surface area contributed by atoms with Gasteiger partial charge in [-0.05, 0) is 6.20 Å². The molecule has 0 unspecified atom stereocenters. The molecular formula is C8H10BN7. The molecule has 0 aromatic carbocycles. The molecule has 1 aromatic heterocycles. The fourth-order valence-corrected chi connectivity index (χ4v) is 1.05. The van der Waals surface area contributed by atoms with Gasteiger partial charge in [-0.3, -0.25) is 5.84 Å². The molecule has 0 fully saturated rings. The first-order valence-electron chi connectivity index (χ1n) is 4.23. The van der Waals surface area contributed by atoms with Gasteiger partial charge in [0.05, 0.1) is 0 Å². The van der Waals surface area contributed by atoms with Crippen molar-refractivity contribution in [2.45, 2.75) is 0 Å². The van der Waals surface area contributed by atoms with Crippen LogP contribution in [0.25, 0.3) is 0 Å². The Balaban J connectivity index is 3.44. The lowest BCUT2D eigenvalue weighted by Gasteiger charge is -2.20. The molecule has 0 bridgehead atoms. The number of hydrogen-bond donors (Lipinski definition) is 2. The molecule has 7 nitrogen and oxygen atoms in total. The highest BCUT2D eigenvalue weighted by molar-refractivity contribution is 6.17. The molecule has 8 heteroatoms. The van der Waals surface area contributed by atoms with E-state index in [1.54, 1.807) is 13.1 Å². The first-order chi connectivity index (χ1) is 7.51. The third-order valence-corrected chi connectivity index (χ3v) is 1.86. The minimum atomic E-state index is -0.0752. The van der Waals surface area contributed by atoms with Crippen molar-refractivity contribution in [2.24, 2.45) is 5.84 Å². The molecule has 16 heavy (non-hydrogen) atoms. The maximum atomic E-state index is 8.75. The molecule has 0 atom stereocenters. The van der Waals surface area contributed by atoms with Crippen LogP contribution in [0, 0.1) is 11.3 Å². The van der Waals surface area contributed by atoms with Crippen LogP contribution in [-0.4, -0.2) is 25.0 Å². The first-order valence-corrected chi connectivity index (χ1v) is 4.23. The second-order valence-electron chi connectivity index (χ2n) is 2.92. The van der Waals surface area contributed by atoms with Crippen LogP contribution in [0.4, 0.5) is 17.3 Å². The summed E-state index contributed by atoms with van der Waals surface area (Å²) in [6.07, 6.45) is 1.49. The Morgan fingerprint density at radius 3 is 2.50 bits per heavy atom. The van der Waals surface area contributed by atoms with Gasteiger partial charge in [-0.25, -0.2) is 0 Å². The summed E-state index contributed by atoms with van der Waals surface area (Å²) in [5, 5.41) is 8.75. The molecule has 2 radical (unpaired) electrons. The fraction of sp³-hybridized carbons (Fsp3) is 0.125. The lowest BCUT2D eigenvalue weighted by atomic mass is 10.3. The third kappa shape index (κ3) is 2.04. The summed E-state index contributed by atoms with van der Waals surface area (Å²) in [5.41, 5.74) is 5.93. The van der Waals surface area contributed by atoms with Gasteiger partial charge in [-0.15, -0.1) is 0 Å². The summed E-state index contributed by atoms with van der Waals surface area (Å²) in [5.74, 6) is 5.66. The number of anilines is 3. The van der Waals surface area contributed by atoms with Crippen LogP contribution < -0.4 is 21.4 Å². The molecule has 4 N–H and O–H groups in total. The van der Waals surface area contributed by atoms with Gasteiger partial charge in [0.1, 0.15) is 11.8 Å². The van der Waals surface area contributed by atoms with Crippen molar-refractivity contribution < 1.29 is 0 Å². The highest BCUT2D eigenvalue weighted by Crippen LogP contribution is 2.27. The first kappa shape index (κ1) is 11.8. The number of hydrazine groups is 1. The van der Waals surface area contributed by atoms with E-state index in [2.05, 4.69) is 16.5 Å². The summed E-state index contributed by atoms with van der Waals surface area (Å²) in [6.45, 7) is 3.56.